The van der Waals surface area contributed by atoms with Gasteiger partial charge in [-0.25, -0.2) is 4.39 Å². The van der Waals surface area contributed by atoms with Gasteiger partial charge in [0, 0.05) is 23.5 Å². The molecule has 116 valence electrons. The summed E-state index contributed by atoms with van der Waals surface area (Å²) < 4.78 is 13.2. The Balaban J connectivity index is 2.08. The molecule has 22 heavy (non-hydrogen) atoms. The highest BCUT2D eigenvalue weighted by Crippen LogP contribution is 2.22. The van der Waals surface area contributed by atoms with Crippen LogP contribution >= 0.6 is 0 Å². The van der Waals surface area contributed by atoms with E-state index in [2.05, 4.69) is 15.6 Å². The van der Waals surface area contributed by atoms with Gasteiger partial charge in [0.05, 0.1) is 12.2 Å². The minimum absolute atomic E-state index is 0.0282. The number of nitrogens with zero attached hydrogens (tertiary/aromatic N) is 1. The van der Waals surface area contributed by atoms with Gasteiger partial charge in [-0.2, -0.15) is 0 Å². The number of carbonyl (C=O) groups excluding carboxylic acids is 1. The first-order chi connectivity index (χ1) is 10.5. The third kappa shape index (κ3) is 4.28. The van der Waals surface area contributed by atoms with Crippen molar-refractivity contribution in [3.8, 4) is 0 Å². The standard InChI is InChI=1S/C17H20FN3O/c1-11(2)17(22)21-16-6-4-5-15(8-16)20-12(3)13-7-14(18)10-19-9-13/h4-12,20H,1-3H3,(H,21,22)/t12-/m0/s1. The summed E-state index contributed by atoms with van der Waals surface area (Å²) >= 11 is 0. The molecule has 0 spiro atoms. The van der Waals surface area contributed by atoms with Crippen molar-refractivity contribution in [1.29, 1.82) is 0 Å². The molecule has 0 aliphatic carbocycles. The first-order valence-electron chi connectivity index (χ1n) is 7.23. The normalized spacial score (nSPS) is 12.0. The fraction of sp³-hybridized carbons (Fsp3) is 0.294. The van der Waals surface area contributed by atoms with Crippen LogP contribution in [0, 0.1) is 11.7 Å². The summed E-state index contributed by atoms with van der Waals surface area (Å²) in [6.45, 7) is 5.61. The van der Waals surface area contributed by atoms with Gasteiger partial charge in [-0.3, -0.25) is 9.78 Å². The molecule has 2 aromatic rings. The van der Waals surface area contributed by atoms with Crippen LogP contribution in [-0.2, 0) is 4.79 Å². The number of rotatable bonds is 5. The number of nitrogens with one attached hydrogen (secondary N) is 2. The molecule has 2 N–H and O–H groups in total. The molecule has 0 saturated heterocycles. The van der Waals surface area contributed by atoms with Crippen molar-refractivity contribution < 1.29 is 9.18 Å². The van der Waals surface area contributed by atoms with Crippen LogP contribution in [0.2, 0.25) is 0 Å². The summed E-state index contributed by atoms with van der Waals surface area (Å²) in [7, 11) is 0. The molecule has 1 amide bonds. The Morgan fingerprint density at radius 1 is 1.14 bits per heavy atom. The van der Waals surface area contributed by atoms with Gasteiger partial charge in [-0.05, 0) is 36.8 Å². The highest BCUT2D eigenvalue weighted by molar-refractivity contribution is 5.92. The number of anilines is 2. The van der Waals surface area contributed by atoms with Crippen molar-refractivity contribution in [3.05, 3.63) is 54.1 Å². The molecule has 0 saturated carbocycles. The number of halogens is 1. The van der Waals surface area contributed by atoms with E-state index < -0.39 is 0 Å². The number of hydrogen-bond donors (Lipinski definition) is 2. The second-order valence-corrected chi connectivity index (χ2v) is 5.53. The maximum atomic E-state index is 13.2. The topological polar surface area (TPSA) is 54.0 Å². The van der Waals surface area contributed by atoms with Gasteiger partial charge in [0.25, 0.3) is 0 Å². The molecule has 0 bridgehead atoms. The number of pyridine rings is 1. The lowest BCUT2D eigenvalue weighted by Gasteiger charge is -2.16. The summed E-state index contributed by atoms with van der Waals surface area (Å²) in [6.07, 6.45) is 2.81. The summed E-state index contributed by atoms with van der Waals surface area (Å²) in [4.78, 5) is 15.6. The van der Waals surface area contributed by atoms with Crippen molar-refractivity contribution in [2.45, 2.75) is 26.8 Å². The highest BCUT2D eigenvalue weighted by Gasteiger charge is 2.09. The van der Waals surface area contributed by atoms with E-state index in [1.807, 2.05) is 45.0 Å². The molecule has 0 fully saturated rings. The minimum atomic E-state index is -0.357. The third-order valence-electron chi connectivity index (χ3n) is 3.26. The monoisotopic (exact) mass is 301 g/mol. The predicted octanol–water partition coefficient (Wildman–Crippen LogP) is 3.99. The van der Waals surface area contributed by atoms with Crippen LogP contribution in [0.15, 0.2) is 42.7 Å². The van der Waals surface area contributed by atoms with Crippen molar-refractivity contribution >= 4 is 17.3 Å². The molecular weight excluding hydrogens is 281 g/mol. The van der Waals surface area contributed by atoms with Crippen molar-refractivity contribution in [1.82, 2.24) is 4.98 Å². The quantitative estimate of drug-likeness (QED) is 0.878. The zero-order valence-electron chi connectivity index (χ0n) is 12.9. The lowest BCUT2D eigenvalue weighted by molar-refractivity contribution is -0.118. The van der Waals surface area contributed by atoms with Crippen LogP contribution in [0.5, 0.6) is 0 Å². The van der Waals surface area contributed by atoms with E-state index in [1.54, 1.807) is 6.20 Å². The molecule has 0 radical (unpaired) electrons. The first-order valence-corrected chi connectivity index (χ1v) is 7.23. The summed E-state index contributed by atoms with van der Waals surface area (Å²) in [5, 5.41) is 6.12. The highest BCUT2D eigenvalue weighted by atomic mass is 19.1. The zero-order valence-corrected chi connectivity index (χ0v) is 12.9. The van der Waals surface area contributed by atoms with Crippen LogP contribution in [0.3, 0.4) is 0 Å². The SMILES string of the molecule is CC(C)C(=O)Nc1cccc(N[C@@H](C)c2cncc(F)c2)c1. The van der Waals surface area contributed by atoms with E-state index in [0.29, 0.717) is 0 Å². The second-order valence-electron chi connectivity index (χ2n) is 5.53. The van der Waals surface area contributed by atoms with Gasteiger partial charge in [-0.15, -0.1) is 0 Å². The Kier molecular flexibility index (Phi) is 5.09. The number of benzene rings is 1. The lowest BCUT2D eigenvalue weighted by Crippen LogP contribution is -2.17. The summed E-state index contributed by atoms with van der Waals surface area (Å²) in [6, 6.07) is 8.79. The molecule has 1 atom stereocenters. The van der Waals surface area contributed by atoms with Crippen LogP contribution in [-0.4, -0.2) is 10.9 Å². The fourth-order valence-corrected chi connectivity index (χ4v) is 1.97. The van der Waals surface area contributed by atoms with Crippen LogP contribution in [0.25, 0.3) is 0 Å². The molecule has 0 aliphatic heterocycles. The molecule has 1 heterocycles. The average molecular weight is 301 g/mol. The Morgan fingerprint density at radius 3 is 2.55 bits per heavy atom. The lowest BCUT2D eigenvalue weighted by atomic mass is 10.1. The van der Waals surface area contributed by atoms with Gasteiger partial charge in [0.2, 0.25) is 5.91 Å². The first kappa shape index (κ1) is 15.9. The van der Waals surface area contributed by atoms with Crippen LogP contribution in [0.4, 0.5) is 15.8 Å². The van der Waals surface area contributed by atoms with E-state index in [0.717, 1.165) is 16.9 Å². The molecule has 2 rings (SSSR count). The minimum Gasteiger partial charge on any atom is -0.378 e. The average Bonchev–Trinajstić information content (AvgIpc) is 2.47. The van der Waals surface area contributed by atoms with Gasteiger partial charge in [0.15, 0.2) is 0 Å². The van der Waals surface area contributed by atoms with Gasteiger partial charge in [-0.1, -0.05) is 19.9 Å². The number of carbonyl (C=O) groups is 1. The summed E-state index contributed by atoms with van der Waals surface area (Å²) in [5.41, 5.74) is 2.34. The van der Waals surface area contributed by atoms with Crippen LogP contribution in [0.1, 0.15) is 32.4 Å². The largest absolute Gasteiger partial charge is 0.378 e. The number of aromatic nitrogens is 1. The Hall–Kier alpha value is -2.43. The number of amides is 1. The maximum absolute atomic E-state index is 13.2. The van der Waals surface area contributed by atoms with Crippen molar-refractivity contribution in [3.63, 3.8) is 0 Å². The third-order valence-corrected chi connectivity index (χ3v) is 3.26. The van der Waals surface area contributed by atoms with E-state index in [1.165, 1.54) is 12.3 Å². The molecule has 1 aromatic carbocycles. The van der Waals surface area contributed by atoms with E-state index in [-0.39, 0.29) is 23.7 Å². The van der Waals surface area contributed by atoms with Crippen molar-refractivity contribution in [2.24, 2.45) is 5.92 Å². The van der Waals surface area contributed by atoms with E-state index >= 15 is 0 Å². The van der Waals surface area contributed by atoms with Crippen LogP contribution < -0.4 is 10.6 Å². The van der Waals surface area contributed by atoms with E-state index in [9.17, 15) is 9.18 Å². The van der Waals surface area contributed by atoms with Crippen molar-refractivity contribution in [2.75, 3.05) is 10.6 Å². The molecule has 1 aromatic heterocycles. The van der Waals surface area contributed by atoms with Gasteiger partial charge < -0.3 is 10.6 Å². The van der Waals surface area contributed by atoms with E-state index in [4.69, 9.17) is 0 Å². The van der Waals surface area contributed by atoms with Gasteiger partial charge in [0.1, 0.15) is 5.82 Å². The van der Waals surface area contributed by atoms with Gasteiger partial charge >= 0.3 is 0 Å². The molecule has 5 heteroatoms. The Labute approximate surface area is 129 Å². The molecule has 4 nitrogen and oxygen atoms in total. The Morgan fingerprint density at radius 2 is 1.86 bits per heavy atom. The summed E-state index contributed by atoms with van der Waals surface area (Å²) in [5.74, 6) is -0.461. The zero-order chi connectivity index (χ0) is 16.1. The predicted molar refractivity (Wildman–Crippen MR) is 86.1 cm³/mol. The molecule has 0 unspecified atom stereocenters. The Bertz CT molecular complexity index is 658. The second kappa shape index (κ2) is 7.02. The fourth-order valence-electron chi connectivity index (χ4n) is 1.97. The molecule has 0 aliphatic rings. The number of hydrogen-bond acceptors (Lipinski definition) is 3. The molecular formula is C17H20FN3O. The smallest absolute Gasteiger partial charge is 0.226 e. The maximum Gasteiger partial charge on any atom is 0.226 e.